The van der Waals surface area contributed by atoms with Crippen LogP contribution in [0.25, 0.3) is 11.1 Å². The number of hydrogen-bond acceptors (Lipinski definition) is 4. The topological polar surface area (TPSA) is 66.8 Å². The number of aryl methyl sites for hydroxylation is 1. The van der Waals surface area contributed by atoms with E-state index in [1.807, 2.05) is 32.9 Å². The Morgan fingerprint density at radius 1 is 1.06 bits per heavy atom. The molecule has 0 saturated heterocycles. The molecule has 4 rings (SSSR count). The smallest absolute Gasteiger partial charge is 0.339 e. The van der Waals surface area contributed by atoms with Crippen molar-refractivity contribution in [3.05, 3.63) is 88.7 Å². The van der Waals surface area contributed by atoms with Gasteiger partial charge >= 0.3 is 11.9 Å². The molecule has 3 aromatic rings. The molecule has 1 aliphatic rings. The Bertz CT molecular complexity index is 1250. The van der Waals surface area contributed by atoms with Crippen molar-refractivity contribution in [1.82, 2.24) is 0 Å². The first-order valence-corrected chi connectivity index (χ1v) is 11.3. The number of ether oxygens (including phenoxy) is 1. The average Bonchev–Trinajstić information content (AvgIpc) is 2.79. The molecule has 0 bridgehead atoms. The van der Waals surface area contributed by atoms with Gasteiger partial charge in [-0.2, -0.15) is 0 Å². The lowest BCUT2D eigenvalue weighted by molar-refractivity contribution is 0.00702. The van der Waals surface area contributed by atoms with Crippen LogP contribution < -0.4 is 4.90 Å². The maximum atomic E-state index is 14.9. The van der Waals surface area contributed by atoms with Gasteiger partial charge in [-0.15, -0.1) is 0 Å². The Balaban J connectivity index is 1.66. The quantitative estimate of drug-likeness (QED) is 0.465. The Hall–Kier alpha value is -3.67. The van der Waals surface area contributed by atoms with Crippen LogP contribution in [0.2, 0.25) is 0 Å². The molecule has 0 aliphatic carbocycles. The number of carbonyl (C=O) groups excluding carboxylic acids is 1. The molecular formula is C28H28FNO4. The van der Waals surface area contributed by atoms with Crippen LogP contribution in [0.4, 0.5) is 10.1 Å². The second-order valence-corrected chi connectivity index (χ2v) is 9.53. The fourth-order valence-corrected chi connectivity index (χ4v) is 4.29. The number of carbonyl (C=O) groups is 2. The fraction of sp³-hybridized carbons (Fsp3) is 0.286. The third-order valence-corrected chi connectivity index (χ3v) is 5.81. The number of aromatic carboxylic acids is 1. The molecule has 0 aromatic heterocycles. The SMILES string of the molecule is CC(C)(C)OC(=O)c1ccccc1-c1ccc(F)c(CN2CCCc3cc(C(=O)O)ccc32)c1. The molecule has 1 N–H and O–H groups in total. The highest BCUT2D eigenvalue weighted by atomic mass is 19.1. The predicted molar refractivity (Wildman–Crippen MR) is 130 cm³/mol. The van der Waals surface area contributed by atoms with Crippen molar-refractivity contribution >= 4 is 17.6 Å². The van der Waals surface area contributed by atoms with Gasteiger partial charge in [0, 0.05) is 24.3 Å². The van der Waals surface area contributed by atoms with Crippen LogP contribution in [0.3, 0.4) is 0 Å². The van der Waals surface area contributed by atoms with E-state index in [9.17, 15) is 19.1 Å². The maximum absolute atomic E-state index is 14.9. The standard InChI is InChI=1S/C28H28FNO4/c1-28(2,3)34-27(33)23-9-5-4-8-22(23)18-10-12-24(29)21(15-18)17-30-14-6-7-19-16-20(26(31)32)11-13-25(19)30/h4-5,8-13,15-16H,6-7,14,17H2,1-3H3,(H,31,32). The Morgan fingerprint density at radius 2 is 1.82 bits per heavy atom. The van der Waals surface area contributed by atoms with Gasteiger partial charge in [0.25, 0.3) is 0 Å². The summed E-state index contributed by atoms with van der Waals surface area (Å²) in [5, 5.41) is 9.29. The van der Waals surface area contributed by atoms with Crippen LogP contribution in [0, 0.1) is 5.82 Å². The van der Waals surface area contributed by atoms with E-state index in [2.05, 4.69) is 4.90 Å². The molecule has 3 aromatic carbocycles. The molecule has 0 fully saturated rings. The van der Waals surface area contributed by atoms with Gasteiger partial charge in [-0.25, -0.2) is 14.0 Å². The van der Waals surface area contributed by atoms with Crippen molar-refractivity contribution in [3.8, 4) is 11.1 Å². The van der Waals surface area contributed by atoms with Crippen LogP contribution in [0.15, 0.2) is 60.7 Å². The molecule has 1 heterocycles. The van der Waals surface area contributed by atoms with Crippen molar-refractivity contribution < 1.29 is 23.8 Å². The summed E-state index contributed by atoms with van der Waals surface area (Å²) in [4.78, 5) is 26.2. The highest BCUT2D eigenvalue weighted by Crippen LogP contribution is 2.32. The number of esters is 1. The lowest BCUT2D eigenvalue weighted by Crippen LogP contribution is -2.29. The van der Waals surface area contributed by atoms with E-state index >= 15 is 0 Å². The second-order valence-electron chi connectivity index (χ2n) is 9.53. The summed E-state index contributed by atoms with van der Waals surface area (Å²) in [6.07, 6.45) is 1.65. The molecule has 0 radical (unpaired) electrons. The Morgan fingerprint density at radius 3 is 2.56 bits per heavy atom. The number of nitrogens with zero attached hydrogens (tertiary/aromatic N) is 1. The first-order chi connectivity index (χ1) is 16.1. The normalized spacial score (nSPS) is 13.4. The number of rotatable bonds is 5. The van der Waals surface area contributed by atoms with E-state index in [0.29, 0.717) is 23.2 Å². The van der Waals surface area contributed by atoms with Gasteiger partial charge in [0.05, 0.1) is 11.1 Å². The minimum Gasteiger partial charge on any atom is -0.478 e. The van der Waals surface area contributed by atoms with Gasteiger partial charge in [-0.05, 0) is 86.7 Å². The lowest BCUT2D eigenvalue weighted by atomic mass is 9.96. The second kappa shape index (κ2) is 9.29. The first kappa shape index (κ1) is 23.5. The number of anilines is 1. The van der Waals surface area contributed by atoms with E-state index in [0.717, 1.165) is 36.2 Å². The van der Waals surface area contributed by atoms with Crippen molar-refractivity contribution in [2.24, 2.45) is 0 Å². The van der Waals surface area contributed by atoms with E-state index in [-0.39, 0.29) is 11.4 Å². The number of halogens is 1. The number of carboxylic acids is 1. The van der Waals surface area contributed by atoms with Crippen LogP contribution >= 0.6 is 0 Å². The maximum Gasteiger partial charge on any atom is 0.339 e. The van der Waals surface area contributed by atoms with Crippen molar-refractivity contribution in [2.45, 2.75) is 45.8 Å². The zero-order chi connectivity index (χ0) is 24.5. The van der Waals surface area contributed by atoms with E-state index in [4.69, 9.17) is 4.74 Å². The van der Waals surface area contributed by atoms with Crippen molar-refractivity contribution in [3.63, 3.8) is 0 Å². The fourth-order valence-electron chi connectivity index (χ4n) is 4.29. The van der Waals surface area contributed by atoms with Gasteiger partial charge in [0.2, 0.25) is 0 Å². The zero-order valence-electron chi connectivity index (χ0n) is 19.6. The zero-order valence-corrected chi connectivity index (χ0v) is 19.6. The lowest BCUT2D eigenvalue weighted by Gasteiger charge is -2.32. The summed E-state index contributed by atoms with van der Waals surface area (Å²) < 4.78 is 20.4. The summed E-state index contributed by atoms with van der Waals surface area (Å²) in [7, 11) is 0. The summed E-state index contributed by atoms with van der Waals surface area (Å²) in [5.74, 6) is -1.71. The summed E-state index contributed by atoms with van der Waals surface area (Å²) in [5.41, 5.74) is 3.87. The highest BCUT2D eigenvalue weighted by Gasteiger charge is 2.23. The summed E-state index contributed by atoms with van der Waals surface area (Å²) in [6.45, 7) is 6.55. The molecule has 0 saturated carbocycles. The molecule has 5 nitrogen and oxygen atoms in total. The molecule has 0 atom stereocenters. The molecule has 1 aliphatic heterocycles. The number of carboxylic acid groups (broad SMARTS) is 1. The predicted octanol–water partition coefficient (Wildman–Crippen LogP) is 6.10. The molecular weight excluding hydrogens is 433 g/mol. The van der Waals surface area contributed by atoms with E-state index in [1.54, 1.807) is 42.5 Å². The molecule has 34 heavy (non-hydrogen) atoms. The van der Waals surface area contributed by atoms with Crippen LogP contribution in [-0.2, 0) is 17.7 Å². The highest BCUT2D eigenvalue weighted by molar-refractivity contribution is 5.97. The number of fused-ring (bicyclic) bond motifs is 1. The van der Waals surface area contributed by atoms with Gasteiger partial charge in [0.15, 0.2) is 0 Å². The Labute approximate surface area is 198 Å². The minimum absolute atomic E-state index is 0.257. The largest absolute Gasteiger partial charge is 0.478 e. The third kappa shape index (κ3) is 5.11. The summed E-state index contributed by atoms with van der Waals surface area (Å²) in [6, 6.07) is 17.1. The minimum atomic E-state index is -0.956. The molecule has 0 unspecified atom stereocenters. The Kier molecular flexibility index (Phi) is 6.42. The average molecular weight is 462 g/mol. The van der Waals surface area contributed by atoms with Gasteiger partial charge in [0.1, 0.15) is 11.4 Å². The van der Waals surface area contributed by atoms with Crippen LogP contribution in [0.1, 0.15) is 59.0 Å². The van der Waals surface area contributed by atoms with Crippen LogP contribution in [0.5, 0.6) is 0 Å². The van der Waals surface area contributed by atoms with Crippen molar-refractivity contribution in [1.29, 1.82) is 0 Å². The third-order valence-electron chi connectivity index (χ3n) is 5.81. The van der Waals surface area contributed by atoms with Crippen molar-refractivity contribution in [2.75, 3.05) is 11.4 Å². The molecule has 176 valence electrons. The molecule has 0 spiro atoms. The van der Waals surface area contributed by atoms with E-state index in [1.165, 1.54) is 6.07 Å². The van der Waals surface area contributed by atoms with Crippen LogP contribution in [-0.4, -0.2) is 29.2 Å². The van der Waals surface area contributed by atoms with Gasteiger partial charge in [-0.3, -0.25) is 0 Å². The summed E-state index contributed by atoms with van der Waals surface area (Å²) >= 11 is 0. The van der Waals surface area contributed by atoms with Gasteiger partial charge in [-0.1, -0.05) is 24.3 Å². The van der Waals surface area contributed by atoms with Gasteiger partial charge < -0.3 is 14.7 Å². The number of hydrogen-bond donors (Lipinski definition) is 1. The monoisotopic (exact) mass is 461 g/mol. The number of benzene rings is 3. The first-order valence-electron chi connectivity index (χ1n) is 11.3. The molecule has 0 amide bonds. The van der Waals surface area contributed by atoms with E-state index < -0.39 is 17.5 Å². The molecule has 6 heteroatoms.